The van der Waals surface area contributed by atoms with Crippen LogP contribution in [0.25, 0.3) is 0 Å². The van der Waals surface area contributed by atoms with Gasteiger partial charge in [0.1, 0.15) is 0 Å². The highest BCUT2D eigenvalue weighted by Crippen LogP contribution is 2.35. The van der Waals surface area contributed by atoms with Crippen molar-refractivity contribution in [3.63, 3.8) is 0 Å². The molecule has 0 radical (unpaired) electrons. The Kier molecular flexibility index (Phi) is 4.55. The van der Waals surface area contributed by atoms with E-state index < -0.39 is 11.8 Å². The van der Waals surface area contributed by atoms with E-state index in [-0.39, 0.29) is 28.2 Å². The lowest BCUT2D eigenvalue weighted by atomic mass is 10.1. The number of methoxy groups -OCH3 is 1. The molecule has 0 saturated carbocycles. The lowest BCUT2D eigenvalue weighted by molar-refractivity contribution is -0.131. The second-order valence-electron chi connectivity index (χ2n) is 3.79. The number of Topliss-reactive ketones (excluding diaryl/α,β-unsaturated/α-hetero) is 1. The van der Waals surface area contributed by atoms with E-state index in [1.807, 2.05) is 0 Å². The van der Waals surface area contributed by atoms with Gasteiger partial charge in [0.2, 0.25) is 0 Å². The molecule has 0 unspecified atom stereocenters. The zero-order valence-electron chi connectivity index (χ0n) is 10.2. The Hall–Kier alpha value is -1.75. The van der Waals surface area contributed by atoms with Gasteiger partial charge < -0.3 is 14.6 Å². The molecule has 5 nitrogen and oxygen atoms in total. The van der Waals surface area contributed by atoms with Crippen LogP contribution in [0.2, 0.25) is 5.02 Å². The number of hydrogen-bond donors (Lipinski definition) is 1. The normalized spacial score (nSPS) is 10.3. The molecule has 0 aliphatic heterocycles. The lowest BCUT2D eigenvalue weighted by Gasteiger charge is -2.16. The number of carbonyl (C=O) groups excluding carboxylic acids is 1. The number of ether oxygens (including phenoxy) is 2. The van der Waals surface area contributed by atoms with Crippen LogP contribution in [0.5, 0.6) is 11.5 Å². The topological polar surface area (TPSA) is 72.8 Å². The maximum absolute atomic E-state index is 11.6. The van der Waals surface area contributed by atoms with Crippen molar-refractivity contribution in [1.29, 1.82) is 0 Å². The summed E-state index contributed by atoms with van der Waals surface area (Å²) in [7, 11) is 1.38. The molecule has 0 heterocycles. The third kappa shape index (κ3) is 3.13. The molecule has 0 fully saturated rings. The molecule has 0 amide bonds. The zero-order valence-corrected chi connectivity index (χ0v) is 10.9. The van der Waals surface area contributed by atoms with Gasteiger partial charge in [-0.15, -0.1) is 0 Å². The maximum Gasteiger partial charge on any atom is 0.377 e. The van der Waals surface area contributed by atoms with Gasteiger partial charge in [-0.2, -0.15) is 0 Å². The summed E-state index contributed by atoms with van der Waals surface area (Å²) < 4.78 is 10.5. The van der Waals surface area contributed by atoms with Crippen LogP contribution in [0.3, 0.4) is 0 Å². The average molecular weight is 273 g/mol. The molecular weight excluding hydrogens is 260 g/mol. The predicted octanol–water partition coefficient (Wildman–Crippen LogP) is 2.40. The molecule has 18 heavy (non-hydrogen) atoms. The van der Waals surface area contributed by atoms with Gasteiger partial charge >= 0.3 is 5.97 Å². The highest BCUT2D eigenvalue weighted by Gasteiger charge is 2.24. The SMILES string of the molecule is COc1cc(Cl)cc(C(=O)C(=O)O)c1OC(C)C. The summed E-state index contributed by atoms with van der Waals surface area (Å²) in [5.41, 5.74) is -0.124. The average Bonchev–Trinajstić information content (AvgIpc) is 2.29. The maximum atomic E-state index is 11.6. The van der Waals surface area contributed by atoms with Gasteiger partial charge in [0.15, 0.2) is 11.5 Å². The summed E-state index contributed by atoms with van der Waals surface area (Å²) in [6.45, 7) is 3.51. The monoisotopic (exact) mass is 272 g/mol. The summed E-state index contributed by atoms with van der Waals surface area (Å²) in [5, 5.41) is 8.96. The highest BCUT2D eigenvalue weighted by molar-refractivity contribution is 6.41. The number of rotatable bonds is 5. The number of carbonyl (C=O) groups is 2. The standard InChI is InChI=1S/C12H13ClO5/c1-6(2)18-11-8(10(14)12(15)16)4-7(13)5-9(11)17-3/h4-6H,1-3H3,(H,15,16). The van der Waals surface area contributed by atoms with E-state index in [0.717, 1.165) is 0 Å². The number of carboxylic acid groups (broad SMARTS) is 1. The molecule has 0 spiro atoms. The third-order valence-electron chi connectivity index (χ3n) is 2.03. The van der Waals surface area contributed by atoms with Crippen molar-refractivity contribution in [3.8, 4) is 11.5 Å². The van der Waals surface area contributed by atoms with Crippen molar-refractivity contribution >= 4 is 23.4 Å². The molecule has 1 aromatic carbocycles. The first-order valence-corrected chi connectivity index (χ1v) is 5.56. The minimum absolute atomic E-state index is 0.0873. The number of aliphatic carboxylic acids is 1. The number of benzene rings is 1. The van der Waals surface area contributed by atoms with Crippen LogP contribution >= 0.6 is 11.6 Å². The van der Waals surface area contributed by atoms with Crippen molar-refractivity contribution in [2.45, 2.75) is 20.0 Å². The van der Waals surface area contributed by atoms with E-state index in [9.17, 15) is 9.59 Å². The van der Waals surface area contributed by atoms with E-state index in [4.69, 9.17) is 26.2 Å². The summed E-state index contributed by atoms with van der Waals surface area (Å²) in [5.74, 6) is -2.36. The van der Waals surface area contributed by atoms with E-state index in [0.29, 0.717) is 0 Å². The zero-order chi connectivity index (χ0) is 13.9. The van der Waals surface area contributed by atoms with Gasteiger partial charge in [0.05, 0.1) is 18.8 Å². The Morgan fingerprint density at radius 2 is 1.94 bits per heavy atom. The molecule has 0 aliphatic carbocycles. The molecule has 0 bridgehead atoms. The van der Waals surface area contributed by atoms with E-state index in [1.165, 1.54) is 19.2 Å². The summed E-state index contributed by atoms with van der Waals surface area (Å²) in [6.07, 6.45) is -0.236. The lowest BCUT2D eigenvalue weighted by Crippen LogP contribution is -2.17. The molecule has 0 saturated heterocycles. The molecule has 1 aromatic rings. The number of halogens is 1. The van der Waals surface area contributed by atoms with Crippen LogP contribution in [0, 0.1) is 0 Å². The van der Waals surface area contributed by atoms with Gasteiger partial charge in [-0.1, -0.05) is 11.6 Å². The number of carboxylic acids is 1. The van der Waals surface area contributed by atoms with Crippen molar-refractivity contribution in [2.24, 2.45) is 0 Å². The van der Waals surface area contributed by atoms with Crippen LogP contribution in [-0.2, 0) is 4.79 Å². The smallest absolute Gasteiger partial charge is 0.377 e. The molecular formula is C12H13ClO5. The first-order valence-electron chi connectivity index (χ1n) is 5.18. The van der Waals surface area contributed by atoms with Crippen LogP contribution in [0.1, 0.15) is 24.2 Å². The first kappa shape index (κ1) is 14.3. The molecule has 0 aliphatic rings. The fourth-order valence-electron chi connectivity index (χ4n) is 1.36. The van der Waals surface area contributed by atoms with Crippen LogP contribution < -0.4 is 9.47 Å². The highest BCUT2D eigenvalue weighted by atomic mass is 35.5. The summed E-state index contributed by atoms with van der Waals surface area (Å²) in [4.78, 5) is 22.3. The molecule has 1 rings (SSSR count). The number of hydrogen-bond acceptors (Lipinski definition) is 4. The van der Waals surface area contributed by atoms with Crippen molar-refractivity contribution in [3.05, 3.63) is 22.7 Å². The van der Waals surface area contributed by atoms with Crippen LogP contribution in [-0.4, -0.2) is 30.1 Å². The fraction of sp³-hybridized carbons (Fsp3) is 0.333. The Bertz CT molecular complexity index is 482. The molecule has 0 aromatic heterocycles. The third-order valence-corrected chi connectivity index (χ3v) is 2.25. The minimum Gasteiger partial charge on any atom is -0.493 e. The Morgan fingerprint density at radius 3 is 2.39 bits per heavy atom. The molecule has 0 atom stereocenters. The van der Waals surface area contributed by atoms with Crippen LogP contribution in [0.15, 0.2) is 12.1 Å². The van der Waals surface area contributed by atoms with Gasteiger partial charge in [-0.3, -0.25) is 4.79 Å². The molecule has 98 valence electrons. The molecule has 1 N–H and O–H groups in total. The predicted molar refractivity (Wildman–Crippen MR) is 65.7 cm³/mol. The van der Waals surface area contributed by atoms with Crippen molar-refractivity contribution < 1.29 is 24.2 Å². The fourth-order valence-corrected chi connectivity index (χ4v) is 1.57. The van der Waals surface area contributed by atoms with E-state index in [2.05, 4.69) is 0 Å². The second kappa shape index (κ2) is 5.73. The minimum atomic E-state index is -1.58. The number of ketones is 1. The summed E-state index contributed by atoms with van der Waals surface area (Å²) >= 11 is 5.81. The van der Waals surface area contributed by atoms with Gasteiger partial charge in [-0.25, -0.2) is 4.79 Å². The Balaban J connectivity index is 3.41. The van der Waals surface area contributed by atoms with Gasteiger partial charge in [0.25, 0.3) is 5.78 Å². The molecule has 6 heteroatoms. The quantitative estimate of drug-likeness (QED) is 0.658. The van der Waals surface area contributed by atoms with Crippen LogP contribution in [0.4, 0.5) is 0 Å². The second-order valence-corrected chi connectivity index (χ2v) is 4.22. The first-order chi connectivity index (χ1) is 8.36. The van der Waals surface area contributed by atoms with Crippen molar-refractivity contribution in [1.82, 2.24) is 0 Å². The Labute approximate surface area is 109 Å². The van der Waals surface area contributed by atoms with Gasteiger partial charge in [0, 0.05) is 11.1 Å². The van der Waals surface area contributed by atoms with E-state index in [1.54, 1.807) is 13.8 Å². The van der Waals surface area contributed by atoms with Gasteiger partial charge in [-0.05, 0) is 19.9 Å². The largest absolute Gasteiger partial charge is 0.493 e. The Morgan fingerprint density at radius 1 is 1.33 bits per heavy atom. The van der Waals surface area contributed by atoms with Crippen molar-refractivity contribution in [2.75, 3.05) is 7.11 Å². The van der Waals surface area contributed by atoms with E-state index >= 15 is 0 Å². The summed E-state index contributed by atoms with van der Waals surface area (Å²) in [6, 6.07) is 2.70.